The van der Waals surface area contributed by atoms with E-state index in [4.69, 9.17) is 0 Å². The SMILES string of the molecule is C=C/C(=C\C)CCC. The number of hydrogen-bond acceptors (Lipinski definition) is 0. The Morgan fingerprint density at radius 1 is 1.62 bits per heavy atom. The van der Waals surface area contributed by atoms with Crippen molar-refractivity contribution < 1.29 is 0 Å². The lowest BCUT2D eigenvalue weighted by Gasteiger charge is -1.93. The predicted octanol–water partition coefficient (Wildman–Crippen LogP) is 2.92. The number of allylic oxidation sites excluding steroid dienone is 3. The molecule has 0 heteroatoms. The van der Waals surface area contributed by atoms with Gasteiger partial charge in [0.05, 0.1) is 0 Å². The fourth-order valence-corrected chi connectivity index (χ4v) is 0.653. The summed E-state index contributed by atoms with van der Waals surface area (Å²) in [5.74, 6) is 0. The average molecular weight is 110 g/mol. The highest BCUT2D eigenvalue weighted by Crippen LogP contribution is 2.03. The molecule has 0 aliphatic heterocycles. The largest absolute Gasteiger partial charge is 0.0988 e. The van der Waals surface area contributed by atoms with Gasteiger partial charge in [-0.25, -0.2) is 0 Å². The maximum absolute atomic E-state index is 3.68. The maximum Gasteiger partial charge on any atom is -0.0285 e. The van der Waals surface area contributed by atoms with E-state index in [0.717, 1.165) is 0 Å². The number of hydrogen-bond donors (Lipinski definition) is 0. The summed E-state index contributed by atoms with van der Waals surface area (Å²) in [6.07, 6.45) is 6.41. The summed E-state index contributed by atoms with van der Waals surface area (Å²) in [6, 6.07) is 0. The van der Waals surface area contributed by atoms with Crippen LogP contribution in [0.25, 0.3) is 0 Å². The van der Waals surface area contributed by atoms with E-state index in [1.807, 2.05) is 13.0 Å². The second-order valence-corrected chi connectivity index (χ2v) is 1.82. The van der Waals surface area contributed by atoms with Crippen LogP contribution in [-0.4, -0.2) is 0 Å². The molecule has 8 heavy (non-hydrogen) atoms. The van der Waals surface area contributed by atoms with Crippen molar-refractivity contribution in [2.75, 3.05) is 0 Å². The van der Waals surface area contributed by atoms with Gasteiger partial charge in [-0.2, -0.15) is 0 Å². The van der Waals surface area contributed by atoms with Crippen molar-refractivity contribution in [1.29, 1.82) is 0 Å². The Bertz CT molecular complexity index is 88.2. The Morgan fingerprint density at radius 2 is 2.25 bits per heavy atom. The van der Waals surface area contributed by atoms with Crippen molar-refractivity contribution in [1.82, 2.24) is 0 Å². The molecule has 0 saturated heterocycles. The Hall–Kier alpha value is -0.520. The topological polar surface area (TPSA) is 0 Å². The van der Waals surface area contributed by atoms with Gasteiger partial charge in [0, 0.05) is 0 Å². The minimum absolute atomic E-state index is 1.17. The van der Waals surface area contributed by atoms with Crippen molar-refractivity contribution in [3.8, 4) is 0 Å². The van der Waals surface area contributed by atoms with E-state index >= 15 is 0 Å². The molecule has 0 N–H and O–H groups in total. The normalized spacial score (nSPS) is 11.5. The van der Waals surface area contributed by atoms with Crippen LogP contribution in [0.5, 0.6) is 0 Å². The molecule has 0 amide bonds. The zero-order valence-corrected chi connectivity index (χ0v) is 5.78. The Balaban J connectivity index is 3.54. The molecule has 0 aromatic heterocycles. The van der Waals surface area contributed by atoms with Crippen molar-refractivity contribution in [2.45, 2.75) is 26.7 Å². The van der Waals surface area contributed by atoms with Gasteiger partial charge in [0.25, 0.3) is 0 Å². The third kappa shape index (κ3) is 2.62. The second-order valence-electron chi connectivity index (χ2n) is 1.82. The highest BCUT2D eigenvalue weighted by molar-refractivity contribution is 5.14. The van der Waals surface area contributed by atoms with E-state index in [0.29, 0.717) is 0 Å². The Morgan fingerprint density at radius 3 is 2.38 bits per heavy atom. The maximum atomic E-state index is 3.68. The van der Waals surface area contributed by atoms with E-state index in [-0.39, 0.29) is 0 Å². The first kappa shape index (κ1) is 7.48. The summed E-state index contributed by atoms with van der Waals surface area (Å²) in [6.45, 7) is 7.90. The van der Waals surface area contributed by atoms with Gasteiger partial charge in [0.2, 0.25) is 0 Å². The van der Waals surface area contributed by atoms with E-state index in [1.165, 1.54) is 18.4 Å². The van der Waals surface area contributed by atoms with Crippen molar-refractivity contribution in [3.05, 3.63) is 24.3 Å². The fraction of sp³-hybridized carbons (Fsp3) is 0.500. The van der Waals surface area contributed by atoms with Gasteiger partial charge in [-0.1, -0.05) is 37.6 Å². The van der Waals surface area contributed by atoms with Crippen molar-refractivity contribution in [2.24, 2.45) is 0 Å². The molecule has 0 aromatic carbocycles. The third-order valence-corrected chi connectivity index (χ3v) is 1.17. The molecule has 0 aromatic rings. The molecule has 0 saturated carbocycles. The van der Waals surface area contributed by atoms with Crippen LogP contribution in [0.4, 0.5) is 0 Å². The Labute approximate surface area is 51.9 Å². The van der Waals surface area contributed by atoms with Gasteiger partial charge in [0.1, 0.15) is 0 Å². The first-order chi connectivity index (χ1) is 3.85. The molecular weight excluding hydrogens is 96.1 g/mol. The highest BCUT2D eigenvalue weighted by Gasteiger charge is 1.83. The summed E-state index contributed by atoms with van der Waals surface area (Å²) in [4.78, 5) is 0. The third-order valence-electron chi connectivity index (χ3n) is 1.17. The van der Waals surface area contributed by atoms with Crippen molar-refractivity contribution in [3.63, 3.8) is 0 Å². The highest BCUT2D eigenvalue weighted by atomic mass is 13.9. The van der Waals surface area contributed by atoms with Gasteiger partial charge in [-0.3, -0.25) is 0 Å². The molecule has 0 aliphatic rings. The smallest absolute Gasteiger partial charge is 0.0285 e. The van der Waals surface area contributed by atoms with Crippen LogP contribution in [0.15, 0.2) is 24.3 Å². The lowest BCUT2D eigenvalue weighted by Crippen LogP contribution is -1.73. The molecule has 0 nitrogen and oxygen atoms in total. The lowest BCUT2D eigenvalue weighted by atomic mass is 10.1. The molecule has 0 unspecified atom stereocenters. The molecule has 0 aliphatic carbocycles. The molecule has 0 rings (SSSR count). The average Bonchev–Trinajstić information content (AvgIpc) is 1.83. The quantitative estimate of drug-likeness (QED) is 0.490. The standard InChI is InChI=1S/C8H14/c1-4-7-8(5-2)6-3/h5-6H,2,4,7H2,1,3H3/b8-6+. The van der Waals surface area contributed by atoms with E-state index < -0.39 is 0 Å². The minimum Gasteiger partial charge on any atom is -0.0988 e. The first-order valence-electron chi connectivity index (χ1n) is 3.12. The summed E-state index contributed by atoms with van der Waals surface area (Å²) in [5, 5.41) is 0. The molecule has 0 atom stereocenters. The summed E-state index contributed by atoms with van der Waals surface area (Å²) >= 11 is 0. The van der Waals surface area contributed by atoms with Crippen LogP contribution in [0.1, 0.15) is 26.7 Å². The van der Waals surface area contributed by atoms with Crippen LogP contribution in [0.2, 0.25) is 0 Å². The summed E-state index contributed by atoms with van der Waals surface area (Å²) < 4.78 is 0. The molecule has 0 fully saturated rings. The molecule has 46 valence electrons. The van der Waals surface area contributed by atoms with E-state index in [1.54, 1.807) is 0 Å². The Kier molecular flexibility index (Phi) is 4.33. The van der Waals surface area contributed by atoms with Gasteiger partial charge < -0.3 is 0 Å². The first-order valence-corrected chi connectivity index (χ1v) is 3.12. The predicted molar refractivity (Wildman–Crippen MR) is 38.9 cm³/mol. The monoisotopic (exact) mass is 110 g/mol. The molecule has 0 radical (unpaired) electrons. The van der Waals surface area contributed by atoms with E-state index in [9.17, 15) is 0 Å². The summed E-state index contributed by atoms with van der Waals surface area (Å²) in [7, 11) is 0. The zero-order valence-electron chi connectivity index (χ0n) is 5.78. The van der Waals surface area contributed by atoms with Crippen LogP contribution in [-0.2, 0) is 0 Å². The minimum atomic E-state index is 1.17. The molecular formula is C8H14. The fourth-order valence-electron chi connectivity index (χ4n) is 0.653. The van der Waals surface area contributed by atoms with Crippen LogP contribution < -0.4 is 0 Å². The van der Waals surface area contributed by atoms with Gasteiger partial charge >= 0.3 is 0 Å². The van der Waals surface area contributed by atoms with Crippen LogP contribution in [0, 0.1) is 0 Å². The number of rotatable bonds is 3. The lowest BCUT2D eigenvalue weighted by molar-refractivity contribution is 0.925. The van der Waals surface area contributed by atoms with Gasteiger partial charge in [0.15, 0.2) is 0 Å². The molecule has 0 spiro atoms. The zero-order chi connectivity index (χ0) is 6.41. The molecule has 0 bridgehead atoms. The molecule has 0 heterocycles. The van der Waals surface area contributed by atoms with Crippen LogP contribution in [0.3, 0.4) is 0 Å². The summed E-state index contributed by atoms with van der Waals surface area (Å²) in [5.41, 5.74) is 1.35. The van der Waals surface area contributed by atoms with E-state index in [2.05, 4.69) is 19.6 Å². The van der Waals surface area contributed by atoms with Gasteiger partial charge in [-0.05, 0) is 13.3 Å². The second kappa shape index (κ2) is 4.63. The van der Waals surface area contributed by atoms with Crippen LogP contribution >= 0.6 is 0 Å². The van der Waals surface area contributed by atoms with Gasteiger partial charge in [-0.15, -0.1) is 0 Å². The van der Waals surface area contributed by atoms with Crippen molar-refractivity contribution >= 4 is 0 Å².